The van der Waals surface area contributed by atoms with Gasteiger partial charge in [0.15, 0.2) is 0 Å². The van der Waals surface area contributed by atoms with E-state index in [9.17, 15) is 4.79 Å². The topological polar surface area (TPSA) is 58.6 Å². The first kappa shape index (κ1) is 10.4. The monoisotopic (exact) mass is 195 g/mol. The van der Waals surface area contributed by atoms with Crippen LogP contribution in [-0.2, 0) is 9.53 Å². The van der Waals surface area contributed by atoms with E-state index >= 15 is 0 Å². The Bertz CT molecular complexity index is 312. The van der Waals surface area contributed by atoms with Crippen molar-refractivity contribution in [3.8, 4) is 5.75 Å². The van der Waals surface area contributed by atoms with Crippen molar-refractivity contribution < 1.29 is 14.6 Å². The van der Waals surface area contributed by atoms with Crippen LogP contribution < -0.4 is 5.32 Å². The van der Waals surface area contributed by atoms with E-state index in [0.29, 0.717) is 12.3 Å². The maximum atomic E-state index is 11.0. The van der Waals surface area contributed by atoms with Crippen molar-refractivity contribution in [1.29, 1.82) is 0 Å². The Labute approximate surface area is 82.5 Å². The van der Waals surface area contributed by atoms with E-state index in [1.807, 2.05) is 0 Å². The predicted octanol–water partition coefficient (Wildman–Crippen LogP) is 1.37. The highest BCUT2D eigenvalue weighted by Crippen LogP contribution is 2.14. The number of nitrogens with one attached hydrogen (secondary N) is 1. The van der Waals surface area contributed by atoms with Gasteiger partial charge < -0.3 is 15.2 Å². The molecule has 1 aromatic rings. The molecule has 0 saturated carbocycles. The van der Waals surface area contributed by atoms with Crippen LogP contribution in [0.25, 0.3) is 0 Å². The number of carbonyl (C=O) groups is 1. The van der Waals surface area contributed by atoms with Crippen LogP contribution in [0.1, 0.15) is 6.92 Å². The molecule has 1 aromatic carbocycles. The van der Waals surface area contributed by atoms with Gasteiger partial charge in [-0.25, -0.2) is 0 Å². The highest BCUT2D eigenvalue weighted by atomic mass is 16.5. The summed E-state index contributed by atoms with van der Waals surface area (Å²) in [7, 11) is 0. The summed E-state index contributed by atoms with van der Waals surface area (Å²) >= 11 is 0. The molecule has 0 atom stereocenters. The smallest absolute Gasteiger partial charge is 0.325 e. The third-order valence-electron chi connectivity index (χ3n) is 1.59. The molecule has 1 rings (SSSR count). The summed E-state index contributed by atoms with van der Waals surface area (Å²) in [5, 5.41) is 12.0. The lowest BCUT2D eigenvalue weighted by molar-refractivity contribution is -0.140. The summed E-state index contributed by atoms with van der Waals surface area (Å²) in [6.07, 6.45) is 0. The zero-order valence-corrected chi connectivity index (χ0v) is 7.99. The third kappa shape index (κ3) is 3.35. The molecule has 0 spiro atoms. The van der Waals surface area contributed by atoms with Gasteiger partial charge in [-0.15, -0.1) is 0 Å². The molecule has 0 aliphatic carbocycles. The zero-order chi connectivity index (χ0) is 10.4. The number of anilines is 1. The van der Waals surface area contributed by atoms with Gasteiger partial charge in [0.2, 0.25) is 0 Å². The molecule has 0 saturated heterocycles. The SMILES string of the molecule is CCOC(=O)CNc1cccc(O)c1. The number of rotatable bonds is 4. The van der Waals surface area contributed by atoms with Crippen molar-refractivity contribution in [2.24, 2.45) is 0 Å². The Balaban J connectivity index is 2.41. The van der Waals surface area contributed by atoms with Gasteiger partial charge >= 0.3 is 5.97 Å². The van der Waals surface area contributed by atoms with E-state index in [-0.39, 0.29) is 18.3 Å². The molecule has 4 heteroatoms. The summed E-state index contributed by atoms with van der Waals surface area (Å²) in [5.74, 6) is -0.144. The number of benzene rings is 1. The van der Waals surface area contributed by atoms with Gasteiger partial charge in [0.25, 0.3) is 0 Å². The molecule has 0 bridgehead atoms. The molecule has 0 heterocycles. The number of phenolic OH excluding ortho intramolecular Hbond substituents is 1. The summed E-state index contributed by atoms with van der Waals surface area (Å²) in [4.78, 5) is 11.0. The number of esters is 1. The average Bonchev–Trinajstić information content (AvgIpc) is 2.15. The summed E-state index contributed by atoms with van der Waals surface area (Å²) < 4.78 is 4.73. The van der Waals surface area contributed by atoms with E-state index in [4.69, 9.17) is 9.84 Å². The Hall–Kier alpha value is -1.71. The van der Waals surface area contributed by atoms with E-state index in [2.05, 4.69) is 5.32 Å². The van der Waals surface area contributed by atoms with Crippen LogP contribution in [0.4, 0.5) is 5.69 Å². The van der Waals surface area contributed by atoms with Gasteiger partial charge in [0, 0.05) is 11.8 Å². The largest absolute Gasteiger partial charge is 0.508 e. The fourth-order valence-corrected chi connectivity index (χ4v) is 1.00. The van der Waals surface area contributed by atoms with Crippen LogP contribution in [0.15, 0.2) is 24.3 Å². The highest BCUT2D eigenvalue weighted by molar-refractivity contribution is 5.75. The molecule has 76 valence electrons. The van der Waals surface area contributed by atoms with Crippen LogP contribution in [0, 0.1) is 0 Å². The summed E-state index contributed by atoms with van der Waals surface area (Å²) in [6.45, 7) is 2.24. The van der Waals surface area contributed by atoms with Crippen molar-refractivity contribution in [2.75, 3.05) is 18.5 Å². The molecular weight excluding hydrogens is 182 g/mol. The highest BCUT2D eigenvalue weighted by Gasteiger charge is 2.00. The first-order valence-electron chi connectivity index (χ1n) is 4.41. The average molecular weight is 195 g/mol. The Morgan fingerprint density at radius 3 is 3.00 bits per heavy atom. The molecule has 0 radical (unpaired) electrons. The van der Waals surface area contributed by atoms with Gasteiger partial charge in [0.1, 0.15) is 12.3 Å². The van der Waals surface area contributed by atoms with Gasteiger partial charge in [-0.05, 0) is 19.1 Å². The lowest BCUT2D eigenvalue weighted by Gasteiger charge is -2.05. The standard InChI is InChI=1S/C10H13NO3/c1-2-14-10(13)7-11-8-4-3-5-9(12)6-8/h3-6,11-12H,2,7H2,1H3. The molecule has 4 nitrogen and oxygen atoms in total. The molecule has 0 amide bonds. The minimum Gasteiger partial charge on any atom is -0.508 e. The van der Waals surface area contributed by atoms with Gasteiger partial charge in [-0.2, -0.15) is 0 Å². The number of carbonyl (C=O) groups excluding carboxylic acids is 1. The molecule has 0 aliphatic heterocycles. The molecule has 0 unspecified atom stereocenters. The predicted molar refractivity (Wildman–Crippen MR) is 53.2 cm³/mol. The Kier molecular flexibility index (Phi) is 3.79. The first-order valence-corrected chi connectivity index (χ1v) is 4.41. The number of phenols is 1. The fraction of sp³-hybridized carbons (Fsp3) is 0.300. The zero-order valence-electron chi connectivity index (χ0n) is 7.99. The number of hydrogen-bond donors (Lipinski definition) is 2. The van der Waals surface area contributed by atoms with E-state index in [1.165, 1.54) is 0 Å². The van der Waals surface area contributed by atoms with Crippen molar-refractivity contribution in [2.45, 2.75) is 6.92 Å². The first-order chi connectivity index (χ1) is 6.72. The van der Waals surface area contributed by atoms with Crippen LogP contribution in [0.3, 0.4) is 0 Å². The number of hydrogen-bond acceptors (Lipinski definition) is 4. The van der Waals surface area contributed by atoms with Crippen LogP contribution in [-0.4, -0.2) is 24.2 Å². The van der Waals surface area contributed by atoms with E-state index in [1.54, 1.807) is 31.2 Å². The maximum absolute atomic E-state index is 11.0. The fourth-order valence-electron chi connectivity index (χ4n) is 1.00. The second-order valence-corrected chi connectivity index (χ2v) is 2.71. The lowest BCUT2D eigenvalue weighted by Crippen LogP contribution is -2.16. The molecule has 0 fully saturated rings. The Morgan fingerprint density at radius 2 is 2.36 bits per heavy atom. The minimum absolute atomic E-state index is 0.108. The molecule has 2 N–H and O–H groups in total. The van der Waals surface area contributed by atoms with Crippen molar-refractivity contribution in [3.63, 3.8) is 0 Å². The Morgan fingerprint density at radius 1 is 1.57 bits per heavy atom. The quantitative estimate of drug-likeness (QED) is 0.712. The second-order valence-electron chi connectivity index (χ2n) is 2.71. The van der Waals surface area contributed by atoms with Crippen LogP contribution in [0.2, 0.25) is 0 Å². The van der Waals surface area contributed by atoms with Crippen molar-refractivity contribution in [1.82, 2.24) is 0 Å². The third-order valence-corrected chi connectivity index (χ3v) is 1.59. The van der Waals surface area contributed by atoms with Crippen molar-refractivity contribution >= 4 is 11.7 Å². The lowest BCUT2D eigenvalue weighted by atomic mass is 10.3. The van der Waals surface area contributed by atoms with E-state index < -0.39 is 0 Å². The number of aromatic hydroxyl groups is 1. The van der Waals surface area contributed by atoms with Gasteiger partial charge in [0.05, 0.1) is 6.61 Å². The van der Waals surface area contributed by atoms with E-state index in [0.717, 1.165) is 0 Å². The summed E-state index contributed by atoms with van der Waals surface area (Å²) in [6, 6.07) is 6.57. The van der Waals surface area contributed by atoms with Crippen molar-refractivity contribution in [3.05, 3.63) is 24.3 Å². The maximum Gasteiger partial charge on any atom is 0.325 e. The van der Waals surface area contributed by atoms with Crippen LogP contribution in [0.5, 0.6) is 5.75 Å². The second kappa shape index (κ2) is 5.11. The molecular formula is C10H13NO3. The van der Waals surface area contributed by atoms with Crippen LogP contribution >= 0.6 is 0 Å². The van der Waals surface area contributed by atoms with Gasteiger partial charge in [-0.1, -0.05) is 6.07 Å². The summed E-state index contributed by atoms with van der Waals surface area (Å²) in [5.41, 5.74) is 0.693. The molecule has 0 aromatic heterocycles. The molecule has 0 aliphatic rings. The molecule has 14 heavy (non-hydrogen) atoms. The van der Waals surface area contributed by atoms with Gasteiger partial charge in [-0.3, -0.25) is 4.79 Å². The normalized spacial score (nSPS) is 9.50. The minimum atomic E-state index is -0.309. The number of ether oxygens (including phenoxy) is 1.